The van der Waals surface area contributed by atoms with E-state index in [-0.39, 0.29) is 23.5 Å². The maximum Gasteiger partial charge on any atom is 0.490 e. The number of fused-ring (bicyclic) bond motifs is 1. The number of hydrogen-bond donors (Lipinski definition) is 7. The number of nitrogens with zero attached hydrogens (tertiary/aromatic N) is 3. The SMILES string of the molecule is C#CCCOP(=O)(O)OP(=O)(O)OP(=O)(O)OCC1OC(n2cnc3c(=O)[nH]c(N)nc32)C(O)C1O. The first-order chi connectivity index (χ1) is 16.6. The molecule has 0 spiro atoms. The van der Waals surface area contributed by atoms with Crippen molar-refractivity contribution >= 4 is 40.6 Å². The summed E-state index contributed by atoms with van der Waals surface area (Å²) >= 11 is 0. The summed E-state index contributed by atoms with van der Waals surface area (Å²) < 4.78 is 58.6. The number of H-pyrrole nitrogens is 1. The van der Waals surface area contributed by atoms with E-state index in [0.717, 1.165) is 10.9 Å². The van der Waals surface area contributed by atoms with Crippen LogP contribution < -0.4 is 11.3 Å². The van der Waals surface area contributed by atoms with Crippen LogP contribution >= 0.6 is 23.5 Å². The molecule has 1 saturated heterocycles. The number of nitrogens with two attached hydrogens (primary N) is 1. The van der Waals surface area contributed by atoms with Gasteiger partial charge in [-0.3, -0.25) is 23.4 Å². The predicted molar refractivity (Wildman–Crippen MR) is 115 cm³/mol. The van der Waals surface area contributed by atoms with Crippen molar-refractivity contribution in [3.63, 3.8) is 0 Å². The van der Waals surface area contributed by atoms with E-state index in [9.17, 15) is 43.4 Å². The number of nitrogens with one attached hydrogen (secondary N) is 1. The maximum absolute atomic E-state index is 12.1. The Labute approximate surface area is 200 Å². The molecule has 2 aromatic rings. The maximum atomic E-state index is 12.1. The fraction of sp³-hybridized carbons (Fsp3) is 0.500. The van der Waals surface area contributed by atoms with Crippen molar-refractivity contribution < 1.29 is 61.0 Å². The van der Waals surface area contributed by atoms with Crippen molar-refractivity contribution in [2.24, 2.45) is 0 Å². The largest absolute Gasteiger partial charge is 0.490 e. The molecule has 7 unspecified atom stereocenters. The molecule has 3 heterocycles. The van der Waals surface area contributed by atoms with Crippen LogP contribution in [0.5, 0.6) is 0 Å². The van der Waals surface area contributed by atoms with E-state index in [1.807, 2.05) is 0 Å². The monoisotopic (exact) mass is 575 g/mol. The van der Waals surface area contributed by atoms with Gasteiger partial charge >= 0.3 is 23.5 Å². The number of phosphoric acid groups is 3. The summed E-state index contributed by atoms with van der Waals surface area (Å²) in [5.74, 6) is 1.78. The van der Waals surface area contributed by atoms with Crippen molar-refractivity contribution in [1.82, 2.24) is 19.5 Å². The number of aliphatic hydroxyl groups excluding tert-OH is 2. The molecule has 0 aliphatic carbocycles. The minimum absolute atomic E-state index is 0.110. The third kappa shape index (κ3) is 6.85. The summed E-state index contributed by atoms with van der Waals surface area (Å²) in [7, 11) is -16.4. The number of aromatic amines is 1. The Kier molecular flexibility index (Phi) is 8.55. The van der Waals surface area contributed by atoms with Gasteiger partial charge < -0.3 is 35.4 Å². The number of aliphatic hydroxyl groups is 2. The minimum atomic E-state index is -5.71. The fourth-order valence-corrected chi connectivity index (χ4v) is 6.44. The molecule has 0 bridgehead atoms. The number of phosphoric ester groups is 2. The Morgan fingerprint density at radius 3 is 2.42 bits per heavy atom. The van der Waals surface area contributed by atoms with E-state index in [1.54, 1.807) is 0 Å². The van der Waals surface area contributed by atoms with Gasteiger partial charge in [0.1, 0.15) is 18.3 Å². The number of hydrogen-bond acceptors (Lipinski definition) is 14. The van der Waals surface area contributed by atoms with E-state index < -0.39 is 66.8 Å². The van der Waals surface area contributed by atoms with E-state index in [0.29, 0.717) is 0 Å². The number of aromatic nitrogens is 4. The van der Waals surface area contributed by atoms with Crippen LogP contribution in [-0.4, -0.2) is 75.9 Å². The second kappa shape index (κ2) is 10.8. The normalized spacial score (nSPS) is 27.2. The van der Waals surface area contributed by atoms with Gasteiger partial charge in [-0.05, 0) is 0 Å². The highest BCUT2D eigenvalue weighted by molar-refractivity contribution is 7.66. The number of ether oxygens (including phenoxy) is 1. The highest BCUT2D eigenvalue weighted by Gasteiger charge is 2.47. The zero-order valence-corrected chi connectivity index (χ0v) is 20.4. The quantitative estimate of drug-likeness (QED) is 0.0931. The van der Waals surface area contributed by atoms with Crippen LogP contribution in [0.2, 0.25) is 0 Å². The van der Waals surface area contributed by atoms with Gasteiger partial charge in [0.2, 0.25) is 5.95 Å². The fourth-order valence-electron chi connectivity index (χ4n) is 2.94. The van der Waals surface area contributed by atoms with Crippen molar-refractivity contribution in [3.8, 4) is 12.3 Å². The first-order valence-corrected chi connectivity index (χ1v) is 14.0. The van der Waals surface area contributed by atoms with Gasteiger partial charge in [-0.2, -0.15) is 13.6 Å². The number of imidazole rings is 1. The molecule has 200 valence electrons. The highest BCUT2D eigenvalue weighted by Crippen LogP contribution is 2.67. The average molecular weight is 575 g/mol. The summed E-state index contributed by atoms with van der Waals surface area (Å²) in [5.41, 5.74) is 4.54. The lowest BCUT2D eigenvalue weighted by molar-refractivity contribution is -0.0503. The number of nitrogen functional groups attached to an aromatic ring is 1. The minimum Gasteiger partial charge on any atom is -0.387 e. The topological polar surface area (TPSA) is 288 Å². The molecule has 36 heavy (non-hydrogen) atoms. The molecule has 1 fully saturated rings. The van der Waals surface area contributed by atoms with Gasteiger partial charge in [-0.1, -0.05) is 0 Å². The molecule has 8 N–H and O–H groups in total. The lowest BCUT2D eigenvalue weighted by Gasteiger charge is -2.20. The Morgan fingerprint density at radius 2 is 1.78 bits per heavy atom. The Morgan fingerprint density at radius 1 is 1.14 bits per heavy atom. The van der Waals surface area contributed by atoms with Crippen LogP contribution in [-0.2, 0) is 36.1 Å². The summed E-state index contributed by atoms with van der Waals surface area (Å²) in [5, 5.41) is 20.6. The van der Waals surface area contributed by atoms with Crippen LogP contribution in [0.15, 0.2) is 11.1 Å². The van der Waals surface area contributed by atoms with Gasteiger partial charge in [0.25, 0.3) is 5.56 Å². The lowest BCUT2D eigenvalue weighted by atomic mass is 10.1. The first-order valence-electron chi connectivity index (χ1n) is 9.52. The van der Waals surface area contributed by atoms with Crippen LogP contribution in [0.3, 0.4) is 0 Å². The van der Waals surface area contributed by atoms with Crippen LogP contribution in [0.25, 0.3) is 11.2 Å². The number of anilines is 1. The zero-order chi connectivity index (χ0) is 26.9. The Hall–Kier alpha value is -2.00. The summed E-state index contributed by atoms with van der Waals surface area (Å²) in [6.45, 7) is -1.54. The molecule has 1 aliphatic rings. The number of terminal acetylenes is 1. The van der Waals surface area contributed by atoms with E-state index in [4.69, 9.17) is 16.9 Å². The highest BCUT2D eigenvalue weighted by atomic mass is 31.3. The molecule has 19 nitrogen and oxygen atoms in total. The molecule has 0 saturated carbocycles. The third-order valence-corrected chi connectivity index (χ3v) is 8.66. The summed E-state index contributed by atoms with van der Waals surface area (Å²) in [6, 6.07) is 0. The smallest absolute Gasteiger partial charge is 0.387 e. The molecule has 0 amide bonds. The van der Waals surface area contributed by atoms with Crippen LogP contribution in [0.4, 0.5) is 5.95 Å². The van der Waals surface area contributed by atoms with Crippen molar-refractivity contribution in [2.45, 2.75) is 31.0 Å². The van der Waals surface area contributed by atoms with Gasteiger partial charge in [-0.15, -0.1) is 12.3 Å². The van der Waals surface area contributed by atoms with Crippen molar-refractivity contribution in [3.05, 3.63) is 16.7 Å². The standard InChI is InChI=1S/C14H20N5O14P3/c1-2-3-4-29-34(23,24)32-36(27,28)33-35(25,26)30-5-7-9(20)10(21)13(31-7)19-6-16-8-11(19)17-14(15)18-12(8)22/h1,6-7,9-10,13,20-21H,3-5H2,(H,23,24)(H,25,26)(H,27,28)(H3,15,17,18,22). The lowest BCUT2D eigenvalue weighted by Crippen LogP contribution is -2.33. The summed E-state index contributed by atoms with van der Waals surface area (Å²) in [6.07, 6.45) is -0.553. The predicted octanol–water partition coefficient (Wildman–Crippen LogP) is -1.29. The van der Waals surface area contributed by atoms with Crippen LogP contribution in [0, 0.1) is 12.3 Å². The van der Waals surface area contributed by atoms with E-state index in [2.05, 4.69) is 38.5 Å². The Bertz CT molecular complexity index is 1350. The molecule has 3 rings (SSSR count). The van der Waals surface area contributed by atoms with Gasteiger partial charge in [0, 0.05) is 6.42 Å². The second-order valence-corrected chi connectivity index (χ2v) is 11.6. The van der Waals surface area contributed by atoms with E-state index in [1.165, 1.54) is 0 Å². The van der Waals surface area contributed by atoms with Crippen LogP contribution in [0.1, 0.15) is 12.6 Å². The van der Waals surface area contributed by atoms with Gasteiger partial charge in [0.05, 0.1) is 19.5 Å². The molecular formula is C14H20N5O14P3. The molecule has 0 aromatic carbocycles. The molecule has 22 heteroatoms. The molecule has 1 aliphatic heterocycles. The van der Waals surface area contributed by atoms with Crippen molar-refractivity contribution in [1.29, 1.82) is 0 Å². The first kappa shape index (κ1) is 28.6. The van der Waals surface area contributed by atoms with Gasteiger partial charge in [0.15, 0.2) is 17.4 Å². The Balaban J connectivity index is 1.65. The average Bonchev–Trinajstić information content (AvgIpc) is 3.26. The second-order valence-electron chi connectivity index (χ2n) is 6.97. The molecule has 2 aromatic heterocycles. The third-order valence-electron chi connectivity index (χ3n) is 4.38. The molecule has 0 radical (unpaired) electrons. The zero-order valence-electron chi connectivity index (χ0n) is 17.8. The molecule has 7 atom stereocenters. The van der Waals surface area contributed by atoms with Gasteiger partial charge in [-0.25, -0.2) is 18.7 Å². The molecular weight excluding hydrogens is 555 g/mol. The number of rotatable bonds is 11. The summed E-state index contributed by atoms with van der Waals surface area (Å²) in [4.78, 5) is 50.4. The van der Waals surface area contributed by atoms with E-state index >= 15 is 0 Å². The van der Waals surface area contributed by atoms with Crippen molar-refractivity contribution in [2.75, 3.05) is 18.9 Å².